The standard InChI is InChI=1S/C17H20F2N2O2/c1-3-9-21(10-4-2)16(22)14(12-20)11-13-5-7-15(8-6-13)23-17(18)19/h5-8,11,17H,3-4,9-10H2,1-2H3/b14-11-. The van der Waals surface area contributed by atoms with Gasteiger partial charge in [-0.25, -0.2) is 0 Å². The van der Waals surface area contributed by atoms with Crippen LogP contribution in [0.1, 0.15) is 32.3 Å². The first-order chi connectivity index (χ1) is 11.0. The molecule has 0 aliphatic rings. The number of hydrogen-bond donors (Lipinski definition) is 0. The van der Waals surface area contributed by atoms with Gasteiger partial charge in [0, 0.05) is 13.1 Å². The lowest BCUT2D eigenvalue weighted by Crippen LogP contribution is -2.33. The van der Waals surface area contributed by atoms with E-state index in [0.29, 0.717) is 18.7 Å². The molecule has 0 saturated heterocycles. The van der Waals surface area contributed by atoms with Crippen LogP contribution in [0.25, 0.3) is 6.08 Å². The number of alkyl halides is 2. The lowest BCUT2D eigenvalue weighted by atomic mass is 10.1. The molecule has 1 rings (SSSR count). The number of nitriles is 1. The van der Waals surface area contributed by atoms with Gasteiger partial charge in [-0.1, -0.05) is 26.0 Å². The maximum atomic E-state index is 12.4. The quantitative estimate of drug-likeness (QED) is 0.540. The monoisotopic (exact) mass is 322 g/mol. The van der Waals surface area contributed by atoms with Gasteiger partial charge in [0.25, 0.3) is 5.91 Å². The number of ether oxygens (including phenoxy) is 1. The Morgan fingerprint density at radius 2 is 1.83 bits per heavy atom. The number of amides is 1. The van der Waals surface area contributed by atoms with Crippen LogP contribution in [0.3, 0.4) is 0 Å². The molecule has 124 valence electrons. The number of carbonyl (C=O) groups is 1. The van der Waals surface area contributed by atoms with Crippen LogP contribution in [0.4, 0.5) is 8.78 Å². The Kier molecular flexibility index (Phi) is 7.75. The lowest BCUT2D eigenvalue weighted by molar-refractivity contribution is -0.126. The Morgan fingerprint density at radius 1 is 1.26 bits per heavy atom. The van der Waals surface area contributed by atoms with Gasteiger partial charge in [-0.15, -0.1) is 0 Å². The van der Waals surface area contributed by atoms with Crippen LogP contribution in [0.2, 0.25) is 0 Å². The van der Waals surface area contributed by atoms with Crippen molar-refractivity contribution in [1.82, 2.24) is 4.90 Å². The Bertz CT molecular complexity index is 571. The maximum Gasteiger partial charge on any atom is 0.387 e. The lowest BCUT2D eigenvalue weighted by Gasteiger charge is -2.20. The van der Waals surface area contributed by atoms with E-state index in [1.54, 1.807) is 4.90 Å². The molecule has 0 atom stereocenters. The van der Waals surface area contributed by atoms with Gasteiger partial charge in [0.05, 0.1) is 0 Å². The first-order valence-electron chi connectivity index (χ1n) is 7.47. The molecule has 1 amide bonds. The third-order valence-corrected chi connectivity index (χ3v) is 3.04. The first kappa shape index (κ1) is 18.6. The van der Waals surface area contributed by atoms with Crippen LogP contribution in [-0.4, -0.2) is 30.5 Å². The zero-order valence-electron chi connectivity index (χ0n) is 13.3. The summed E-state index contributed by atoms with van der Waals surface area (Å²) < 4.78 is 28.5. The molecule has 6 heteroatoms. The fraction of sp³-hybridized carbons (Fsp3) is 0.412. The van der Waals surface area contributed by atoms with Gasteiger partial charge in [0.2, 0.25) is 0 Å². The highest BCUT2D eigenvalue weighted by Gasteiger charge is 2.16. The highest BCUT2D eigenvalue weighted by atomic mass is 19.3. The van der Waals surface area contributed by atoms with Crippen LogP contribution in [0.15, 0.2) is 29.8 Å². The second kappa shape index (κ2) is 9.57. The van der Waals surface area contributed by atoms with Crippen molar-refractivity contribution in [2.45, 2.75) is 33.3 Å². The predicted molar refractivity (Wildman–Crippen MR) is 83.8 cm³/mol. The molecule has 0 saturated carbocycles. The number of carbonyl (C=O) groups excluding carboxylic acids is 1. The summed E-state index contributed by atoms with van der Waals surface area (Å²) in [6.07, 6.45) is 3.07. The molecule has 0 heterocycles. The minimum atomic E-state index is -2.88. The number of rotatable bonds is 8. The van der Waals surface area contributed by atoms with Crippen LogP contribution in [0.5, 0.6) is 5.75 Å². The van der Waals surface area contributed by atoms with E-state index in [-0.39, 0.29) is 17.2 Å². The van der Waals surface area contributed by atoms with E-state index in [1.807, 2.05) is 19.9 Å². The smallest absolute Gasteiger partial charge is 0.387 e. The summed E-state index contributed by atoms with van der Waals surface area (Å²) in [5.74, 6) is -0.287. The number of benzene rings is 1. The van der Waals surface area contributed by atoms with E-state index >= 15 is 0 Å². The third kappa shape index (κ3) is 6.07. The topological polar surface area (TPSA) is 53.3 Å². The zero-order chi connectivity index (χ0) is 17.2. The summed E-state index contributed by atoms with van der Waals surface area (Å²) in [4.78, 5) is 14.0. The summed E-state index contributed by atoms with van der Waals surface area (Å²) in [7, 11) is 0. The van der Waals surface area contributed by atoms with Crippen molar-refractivity contribution < 1.29 is 18.3 Å². The number of halogens is 2. The molecule has 0 spiro atoms. The molecule has 0 aliphatic carbocycles. The number of nitrogens with zero attached hydrogens (tertiary/aromatic N) is 2. The van der Waals surface area contributed by atoms with E-state index in [0.717, 1.165) is 12.8 Å². The minimum absolute atomic E-state index is 0.0226. The van der Waals surface area contributed by atoms with E-state index in [9.17, 15) is 18.8 Å². The summed E-state index contributed by atoms with van der Waals surface area (Å²) in [6.45, 7) is 2.23. The molecule has 0 N–H and O–H groups in total. The minimum Gasteiger partial charge on any atom is -0.435 e. The molecular formula is C17H20F2N2O2. The second-order valence-electron chi connectivity index (χ2n) is 4.91. The number of hydrogen-bond acceptors (Lipinski definition) is 3. The van der Waals surface area contributed by atoms with Gasteiger partial charge in [-0.05, 0) is 36.6 Å². The van der Waals surface area contributed by atoms with Gasteiger partial charge in [0.15, 0.2) is 0 Å². The molecule has 0 fully saturated rings. The molecule has 4 nitrogen and oxygen atoms in total. The average molecular weight is 322 g/mol. The van der Waals surface area contributed by atoms with Crippen molar-refractivity contribution in [2.24, 2.45) is 0 Å². The molecule has 0 radical (unpaired) electrons. The summed E-state index contributed by atoms with van der Waals surface area (Å²) in [6, 6.07) is 7.69. The van der Waals surface area contributed by atoms with Gasteiger partial charge < -0.3 is 9.64 Å². The van der Waals surface area contributed by atoms with Gasteiger partial charge in [-0.2, -0.15) is 14.0 Å². The fourth-order valence-electron chi connectivity index (χ4n) is 2.08. The second-order valence-corrected chi connectivity index (χ2v) is 4.91. The van der Waals surface area contributed by atoms with Crippen molar-refractivity contribution in [3.05, 3.63) is 35.4 Å². The predicted octanol–water partition coefficient (Wildman–Crippen LogP) is 3.84. The van der Waals surface area contributed by atoms with Crippen LogP contribution in [-0.2, 0) is 4.79 Å². The summed E-state index contributed by atoms with van der Waals surface area (Å²) in [5.41, 5.74) is 0.596. The largest absolute Gasteiger partial charge is 0.435 e. The maximum absolute atomic E-state index is 12.4. The van der Waals surface area contributed by atoms with Crippen molar-refractivity contribution in [2.75, 3.05) is 13.1 Å². The van der Waals surface area contributed by atoms with Crippen molar-refractivity contribution in [3.8, 4) is 11.8 Å². The highest BCUT2D eigenvalue weighted by molar-refractivity contribution is 6.01. The normalized spacial score (nSPS) is 11.2. The Balaban J connectivity index is 2.93. The fourth-order valence-corrected chi connectivity index (χ4v) is 2.08. The summed E-state index contributed by atoms with van der Waals surface area (Å²) >= 11 is 0. The average Bonchev–Trinajstić information content (AvgIpc) is 2.53. The molecule has 23 heavy (non-hydrogen) atoms. The molecular weight excluding hydrogens is 302 g/mol. The third-order valence-electron chi connectivity index (χ3n) is 3.04. The molecule has 0 aliphatic heterocycles. The highest BCUT2D eigenvalue weighted by Crippen LogP contribution is 2.17. The Morgan fingerprint density at radius 3 is 2.26 bits per heavy atom. The van der Waals surface area contributed by atoms with E-state index in [4.69, 9.17) is 0 Å². The molecule has 0 bridgehead atoms. The molecule has 0 unspecified atom stereocenters. The van der Waals surface area contributed by atoms with Gasteiger partial charge in [0.1, 0.15) is 17.4 Å². The molecule has 1 aromatic carbocycles. The van der Waals surface area contributed by atoms with Crippen molar-refractivity contribution >= 4 is 12.0 Å². The van der Waals surface area contributed by atoms with Gasteiger partial charge >= 0.3 is 6.61 Å². The van der Waals surface area contributed by atoms with E-state index < -0.39 is 6.61 Å². The summed E-state index contributed by atoms with van der Waals surface area (Å²) in [5, 5.41) is 9.23. The van der Waals surface area contributed by atoms with E-state index in [2.05, 4.69) is 4.74 Å². The van der Waals surface area contributed by atoms with Crippen molar-refractivity contribution in [3.63, 3.8) is 0 Å². The van der Waals surface area contributed by atoms with Crippen LogP contribution < -0.4 is 4.74 Å². The van der Waals surface area contributed by atoms with Crippen molar-refractivity contribution in [1.29, 1.82) is 5.26 Å². The van der Waals surface area contributed by atoms with E-state index in [1.165, 1.54) is 30.3 Å². The van der Waals surface area contributed by atoms with Crippen LogP contribution in [0, 0.1) is 11.3 Å². The van der Waals surface area contributed by atoms with Crippen LogP contribution >= 0.6 is 0 Å². The van der Waals surface area contributed by atoms with Gasteiger partial charge in [-0.3, -0.25) is 4.79 Å². The Labute approximate surface area is 135 Å². The molecule has 0 aromatic heterocycles. The first-order valence-corrected chi connectivity index (χ1v) is 7.47. The SMILES string of the molecule is CCCN(CCC)C(=O)/C(C#N)=C\c1ccc(OC(F)F)cc1. The zero-order valence-corrected chi connectivity index (χ0v) is 13.3. The Hall–Kier alpha value is -2.42. The molecule has 1 aromatic rings.